The lowest BCUT2D eigenvalue weighted by Crippen LogP contribution is -2.27. The highest BCUT2D eigenvalue weighted by molar-refractivity contribution is 6.02. The number of allylic oxidation sites excluding steroid dienone is 1. The average molecular weight is 362 g/mol. The van der Waals surface area contributed by atoms with Crippen molar-refractivity contribution in [2.24, 2.45) is 0 Å². The molecule has 1 atom stereocenters. The van der Waals surface area contributed by atoms with Crippen molar-refractivity contribution in [3.63, 3.8) is 0 Å². The molecule has 0 heterocycles. The number of hydrogen-bond donors (Lipinski definition) is 2. The zero-order valence-electron chi connectivity index (χ0n) is 15.4. The Labute approximate surface area is 159 Å². The molecule has 0 aromatic heterocycles. The summed E-state index contributed by atoms with van der Waals surface area (Å²) in [6.45, 7) is 5.52. The molecule has 0 saturated carbocycles. The Kier molecular flexibility index (Phi) is 6.79. The summed E-state index contributed by atoms with van der Waals surface area (Å²) in [6.07, 6.45) is 3.56. The van der Waals surface area contributed by atoms with Crippen molar-refractivity contribution < 1.29 is 14.6 Å². The van der Waals surface area contributed by atoms with E-state index in [1.165, 1.54) is 13.2 Å². The molecule has 0 fully saturated rings. The Balaban J connectivity index is 2.29. The summed E-state index contributed by atoms with van der Waals surface area (Å²) in [5, 5.41) is 22.4. The van der Waals surface area contributed by atoms with Crippen molar-refractivity contribution >= 4 is 12.0 Å². The van der Waals surface area contributed by atoms with Crippen LogP contribution in [0.2, 0.25) is 0 Å². The smallest absolute Gasteiger partial charge is 0.262 e. The second kappa shape index (κ2) is 9.25. The minimum absolute atomic E-state index is 0.0233. The second-order valence-electron chi connectivity index (χ2n) is 6.00. The van der Waals surface area contributed by atoms with Gasteiger partial charge >= 0.3 is 0 Å². The Morgan fingerprint density at radius 2 is 2.07 bits per heavy atom. The van der Waals surface area contributed by atoms with Gasteiger partial charge in [0.15, 0.2) is 11.5 Å². The number of ether oxygens (including phenoxy) is 1. The minimum Gasteiger partial charge on any atom is -0.504 e. The lowest BCUT2D eigenvalue weighted by molar-refractivity contribution is -0.117. The number of nitrogens with zero attached hydrogens (tertiary/aromatic N) is 1. The fourth-order valence-corrected chi connectivity index (χ4v) is 2.65. The van der Waals surface area contributed by atoms with Crippen LogP contribution >= 0.6 is 0 Å². The van der Waals surface area contributed by atoms with Crippen LogP contribution in [0, 0.1) is 11.3 Å². The number of phenolic OH excluding ortho intramolecular Hbond substituents is 1. The zero-order valence-corrected chi connectivity index (χ0v) is 15.4. The number of nitrogens with one attached hydrogen (secondary N) is 1. The van der Waals surface area contributed by atoms with Crippen LogP contribution in [-0.4, -0.2) is 18.1 Å². The number of rotatable bonds is 7. The van der Waals surface area contributed by atoms with Crippen molar-refractivity contribution in [3.8, 4) is 17.6 Å². The number of aromatic hydroxyl groups is 1. The number of carbonyl (C=O) groups excluding carboxylic acids is 1. The van der Waals surface area contributed by atoms with Gasteiger partial charge in [-0.1, -0.05) is 36.4 Å². The summed E-state index contributed by atoms with van der Waals surface area (Å²) in [6, 6.07) is 14.5. The van der Waals surface area contributed by atoms with Gasteiger partial charge in [0.25, 0.3) is 5.91 Å². The van der Waals surface area contributed by atoms with Gasteiger partial charge in [0.05, 0.1) is 13.2 Å². The minimum atomic E-state index is -0.467. The van der Waals surface area contributed by atoms with Crippen molar-refractivity contribution in [2.45, 2.75) is 19.4 Å². The Morgan fingerprint density at radius 1 is 1.37 bits per heavy atom. The molecule has 2 aromatic carbocycles. The summed E-state index contributed by atoms with van der Waals surface area (Å²) in [7, 11) is 1.44. The van der Waals surface area contributed by atoms with Crippen molar-refractivity contribution in [1.29, 1.82) is 5.26 Å². The van der Waals surface area contributed by atoms with Crippen LogP contribution in [0.15, 0.2) is 60.7 Å². The van der Waals surface area contributed by atoms with E-state index in [1.807, 2.05) is 43.3 Å². The van der Waals surface area contributed by atoms with E-state index in [0.717, 1.165) is 5.56 Å². The SMILES string of the molecule is C=CCc1cc(/C=C(\C#N)C(=O)N[C@@H](C)c2ccccc2)cc(OC)c1O. The predicted molar refractivity (Wildman–Crippen MR) is 105 cm³/mol. The summed E-state index contributed by atoms with van der Waals surface area (Å²) in [4.78, 5) is 12.5. The van der Waals surface area contributed by atoms with E-state index in [9.17, 15) is 15.2 Å². The van der Waals surface area contributed by atoms with Gasteiger partial charge in [-0.15, -0.1) is 6.58 Å². The third-order valence-electron chi connectivity index (χ3n) is 4.08. The van der Waals surface area contributed by atoms with Gasteiger partial charge in [0, 0.05) is 5.56 Å². The van der Waals surface area contributed by atoms with Crippen LogP contribution < -0.4 is 10.1 Å². The van der Waals surface area contributed by atoms with E-state index in [1.54, 1.807) is 18.2 Å². The molecule has 27 heavy (non-hydrogen) atoms. The van der Waals surface area contributed by atoms with E-state index >= 15 is 0 Å². The van der Waals surface area contributed by atoms with Gasteiger partial charge in [0.2, 0.25) is 0 Å². The molecule has 0 radical (unpaired) electrons. The van der Waals surface area contributed by atoms with E-state index in [4.69, 9.17) is 4.74 Å². The normalized spacial score (nSPS) is 12.0. The van der Waals surface area contributed by atoms with Crippen LogP contribution in [0.3, 0.4) is 0 Å². The molecule has 5 heteroatoms. The molecule has 0 saturated heterocycles. The number of carbonyl (C=O) groups is 1. The van der Waals surface area contributed by atoms with Gasteiger partial charge in [0.1, 0.15) is 11.6 Å². The number of nitriles is 1. The topological polar surface area (TPSA) is 82.4 Å². The molecule has 0 aliphatic rings. The van der Waals surface area contributed by atoms with E-state index in [2.05, 4.69) is 11.9 Å². The van der Waals surface area contributed by atoms with Gasteiger partial charge < -0.3 is 15.2 Å². The fraction of sp³-hybridized carbons (Fsp3) is 0.182. The number of benzene rings is 2. The van der Waals surface area contributed by atoms with Crippen LogP contribution in [-0.2, 0) is 11.2 Å². The molecule has 0 aliphatic carbocycles. The second-order valence-corrected chi connectivity index (χ2v) is 6.00. The number of methoxy groups -OCH3 is 1. The van der Waals surface area contributed by atoms with Gasteiger partial charge in [-0.25, -0.2) is 0 Å². The first kappa shape index (κ1) is 19.8. The molecule has 5 nitrogen and oxygen atoms in total. The van der Waals surface area contributed by atoms with Crippen molar-refractivity contribution in [1.82, 2.24) is 5.32 Å². The lowest BCUT2D eigenvalue weighted by atomic mass is 10.0. The van der Waals surface area contributed by atoms with E-state index < -0.39 is 5.91 Å². The molecule has 0 spiro atoms. The maximum Gasteiger partial charge on any atom is 0.262 e. The highest BCUT2D eigenvalue weighted by Gasteiger charge is 2.15. The van der Waals surface area contributed by atoms with Gasteiger partial charge in [-0.2, -0.15) is 5.26 Å². The number of amides is 1. The van der Waals surface area contributed by atoms with E-state index in [-0.39, 0.29) is 23.1 Å². The Hall–Kier alpha value is -3.52. The van der Waals surface area contributed by atoms with Crippen molar-refractivity contribution in [2.75, 3.05) is 7.11 Å². The quantitative estimate of drug-likeness (QED) is 0.444. The lowest BCUT2D eigenvalue weighted by Gasteiger charge is -2.14. The molecule has 2 aromatic rings. The zero-order chi connectivity index (χ0) is 19.8. The third-order valence-corrected chi connectivity index (χ3v) is 4.08. The fourth-order valence-electron chi connectivity index (χ4n) is 2.65. The summed E-state index contributed by atoms with van der Waals surface area (Å²) in [5.41, 5.74) is 2.10. The van der Waals surface area contributed by atoms with Crippen molar-refractivity contribution in [3.05, 3.63) is 77.4 Å². The Bertz CT molecular complexity index is 896. The molecule has 0 aliphatic heterocycles. The summed E-state index contributed by atoms with van der Waals surface area (Å²) < 4.78 is 5.17. The van der Waals surface area contributed by atoms with Gasteiger partial charge in [-0.05, 0) is 42.7 Å². The molecular weight excluding hydrogens is 340 g/mol. The standard InChI is InChI=1S/C22H22N2O3/c1-4-8-18-11-16(13-20(27-3)21(18)25)12-19(14-23)22(26)24-15(2)17-9-6-5-7-10-17/h4-7,9-13,15,25H,1,8H2,2-3H3,(H,24,26)/b19-12+/t15-/m0/s1. The summed E-state index contributed by atoms with van der Waals surface area (Å²) in [5.74, 6) is -0.169. The maximum atomic E-state index is 12.5. The molecule has 2 rings (SSSR count). The van der Waals surface area contributed by atoms with Crippen LogP contribution in [0.1, 0.15) is 29.7 Å². The average Bonchev–Trinajstić information content (AvgIpc) is 2.68. The number of hydrogen-bond acceptors (Lipinski definition) is 4. The van der Waals surface area contributed by atoms with Crippen LogP contribution in [0.5, 0.6) is 11.5 Å². The first-order valence-electron chi connectivity index (χ1n) is 8.48. The largest absolute Gasteiger partial charge is 0.504 e. The molecule has 1 amide bonds. The van der Waals surface area contributed by atoms with E-state index in [0.29, 0.717) is 17.5 Å². The first-order valence-corrected chi connectivity index (χ1v) is 8.48. The third kappa shape index (κ3) is 4.99. The highest BCUT2D eigenvalue weighted by Crippen LogP contribution is 2.32. The Morgan fingerprint density at radius 3 is 2.67 bits per heavy atom. The van der Waals surface area contributed by atoms with Crippen LogP contribution in [0.4, 0.5) is 0 Å². The van der Waals surface area contributed by atoms with Gasteiger partial charge in [-0.3, -0.25) is 4.79 Å². The molecule has 2 N–H and O–H groups in total. The molecule has 0 bridgehead atoms. The maximum absolute atomic E-state index is 12.5. The first-order chi connectivity index (χ1) is 13.0. The van der Waals surface area contributed by atoms with Crippen LogP contribution in [0.25, 0.3) is 6.08 Å². The molecular formula is C22H22N2O3. The molecule has 0 unspecified atom stereocenters. The highest BCUT2D eigenvalue weighted by atomic mass is 16.5. The predicted octanol–water partition coefficient (Wildman–Crippen LogP) is 3.91. The summed E-state index contributed by atoms with van der Waals surface area (Å²) >= 11 is 0. The monoisotopic (exact) mass is 362 g/mol. The molecule has 138 valence electrons. The number of phenols is 1.